The monoisotopic (exact) mass is 346 g/mol. The number of aryl methyl sites for hydroxylation is 1. The first-order valence-electron chi connectivity index (χ1n) is 8.15. The number of nitrogens with one attached hydrogen (secondary N) is 1. The molecule has 4 aromatic rings. The Labute approximate surface area is 150 Å². The molecule has 8 nitrogen and oxygen atoms in total. The number of aromatic nitrogens is 6. The maximum atomic E-state index is 5.84. The van der Waals surface area contributed by atoms with Gasteiger partial charge in [-0.15, -0.1) is 0 Å². The Hall–Kier alpha value is -3.68. The second kappa shape index (κ2) is 6.67. The Morgan fingerprint density at radius 2 is 1.96 bits per heavy atom. The predicted octanol–water partition coefficient (Wildman–Crippen LogP) is 2.26. The minimum Gasteiger partial charge on any atom is -0.368 e. The summed E-state index contributed by atoms with van der Waals surface area (Å²) in [5, 5.41) is 12.0. The fourth-order valence-electron chi connectivity index (χ4n) is 2.76. The van der Waals surface area contributed by atoms with Gasteiger partial charge >= 0.3 is 0 Å². The molecule has 0 aliphatic rings. The van der Waals surface area contributed by atoms with Crippen molar-refractivity contribution in [1.29, 1.82) is 0 Å². The van der Waals surface area contributed by atoms with Crippen LogP contribution in [0.1, 0.15) is 5.56 Å². The van der Waals surface area contributed by atoms with E-state index in [1.54, 1.807) is 17.1 Å². The van der Waals surface area contributed by atoms with Gasteiger partial charge in [0.15, 0.2) is 5.82 Å². The van der Waals surface area contributed by atoms with E-state index in [1.807, 2.05) is 60.4 Å². The molecule has 0 radical (unpaired) electrons. The van der Waals surface area contributed by atoms with Crippen molar-refractivity contribution in [2.75, 3.05) is 11.1 Å². The molecule has 0 atom stereocenters. The molecule has 0 aliphatic carbocycles. The van der Waals surface area contributed by atoms with Crippen molar-refractivity contribution in [2.24, 2.45) is 7.05 Å². The van der Waals surface area contributed by atoms with Crippen LogP contribution in [0, 0.1) is 0 Å². The molecular formula is C18H18N8. The SMILES string of the molecule is Cn1cc(CNc2cc(-n3cccn3)nc(N)n2)c(-c2ccccc2)n1. The Balaban J connectivity index is 1.59. The normalized spacial score (nSPS) is 10.8. The molecule has 130 valence electrons. The molecule has 0 saturated heterocycles. The summed E-state index contributed by atoms with van der Waals surface area (Å²) in [6, 6.07) is 13.7. The number of nitrogens with two attached hydrogens (primary N) is 1. The van der Waals surface area contributed by atoms with Gasteiger partial charge in [0.05, 0.1) is 5.69 Å². The highest BCUT2D eigenvalue weighted by Crippen LogP contribution is 2.22. The third-order valence-electron chi connectivity index (χ3n) is 3.88. The molecule has 1 aromatic carbocycles. The summed E-state index contributed by atoms with van der Waals surface area (Å²) in [5.74, 6) is 1.43. The summed E-state index contributed by atoms with van der Waals surface area (Å²) in [5.41, 5.74) is 8.92. The summed E-state index contributed by atoms with van der Waals surface area (Å²) in [7, 11) is 1.91. The Kier molecular flexibility index (Phi) is 4.06. The molecule has 26 heavy (non-hydrogen) atoms. The fourth-order valence-corrected chi connectivity index (χ4v) is 2.76. The summed E-state index contributed by atoms with van der Waals surface area (Å²) < 4.78 is 3.45. The van der Waals surface area contributed by atoms with Gasteiger partial charge in [0, 0.05) is 49.4 Å². The van der Waals surface area contributed by atoms with Crippen LogP contribution in [0.25, 0.3) is 17.1 Å². The Morgan fingerprint density at radius 1 is 1.12 bits per heavy atom. The lowest BCUT2D eigenvalue weighted by molar-refractivity contribution is 0.770. The van der Waals surface area contributed by atoms with Crippen LogP contribution < -0.4 is 11.1 Å². The molecule has 8 heteroatoms. The number of nitrogens with zero attached hydrogens (tertiary/aromatic N) is 6. The van der Waals surface area contributed by atoms with Crippen LogP contribution >= 0.6 is 0 Å². The zero-order chi connectivity index (χ0) is 17.9. The quantitative estimate of drug-likeness (QED) is 0.575. The van der Waals surface area contributed by atoms with Crippen LogP contribution in [0.3, 0.4) is 0 Å². The average molecular weight is 346 g/mol. The van der Waals surface area contributed by atoms with Crippen LogP contribution in [0.15, 0.2) is 61.1 Å². The van der Waals surface area contributed by atoms with Crippen LogP contribution in [-0.2, 0) is 13.6 Å². The van der Waals surface area contributed by atoms with E-state index in [4.69, 9.17) is 5.73 Å². The lowest BCUT2D eigenvalue weighted by atomic mass is 10.1. The van der Waals surface area contributed by atoms with E-state index in [1.165, 1.54) is 0 Å². The van der Waals surface area contributed by atoms with Crippen molar-refractivity contribution in [2.45, 2.75) is 6.54 Å². The minimum absolute atomic E-state index is 0.190. The number of hydrogen-bond donors (Lipinski definition) is 2. The first-order chi connectivity index (χ1) is 12.7. The molecule has 0 amide bonds. The number of anilines is 2. The molecule has 0 fully saturated rings. The molecule has 3 heterocycles. The highest BCUT2D eigenvalue weighted by Gasteiger charge is 2.11. The maximum Gasteiger partial charge on any atom is 0.224 e. The van der Waals surface area contributed by atoms with Gasteiger partial charge in [-0.25, -0.2) is 4.68 Å². The number of rotatable bonds is 5. The van der Waals surface area contributed by atoms with Gasteiger partial charge < -0.3 is 11.1 Å². The summed E-state index contributed by atoms with van der Waals surface area (Å²) in [6.45, 7) is 0.563. The van der Waals surface area contributed by atoms with Crippen molar-refractivity contribution in [3.63, 3.8) is 0 Å². The topological polar surface area (TPSA) is 99.5 Å². The third kappa shape index (κ3) is 3.25. The van der Waals surface area contributed by atoms with Gasteiger partial charge in [-0.05, 0) is 6.07 Å². The number of benzene rings is 1. The van der Waals surface area contributed by atoms with Crippen molar-refractivity contribution in [3.05, 3.63) is 66.6 Å². The van der Waals surface area contributed by atoms with Gasteiger partial charge in [0.25, 0.3) is 0 Å². The molecule has 0 bridgehead atoms. The van der Waals surface area contributed by atoms with Crippen molar-refractivity contribution < 1.29 is 0 Å². The van der Waals surface area contributed by atoms with E-state index in [0.717, 1.165) is 16.8 Å². The molecule has 3 aromatic heterocycles. The first kappa shape index (κ1) is 15.8. The zero-order valence-electron chi connectivity index (χ0n) is 14.2. The largest absolute Gasteiger partial charge is 0.368 e. The van der Waals surface area contributed by atoms with Gasteiger partial charge in [0.2, 0.25) is 5.95 Å². The van der Waals surface area contributed by atoms with Crippen LogP contribution in [-0.4, -0.2) is 29.5 Å². The van der Waals surface area contributed by atoms with Crippen molar-refractivity contribution in [3.8, 4) is 17.1 Å². The van der Waals surface area contributed by atoms with Crippen LogP contribution in [0.5, 0.6) is 0 Å². The fraction of sp³-hybridized carbons (Fsp3) is 0.111. The van der Waals surface area contributed by atoms with E-state index in [9.17, 15) is 0 Å². The predicted molar refractivity (Wildman–Crippen MR) is 99.5 cm³/mol. The number of nitrogen functional groups attached to an aromatic ring is 1. The summed E-state index contributed by atoms with van der Waals surface area (Å²) in [6.07, 6.45) is 5.49. The Morgan fingerprint density at radius 3 is 2.73 bits per heavy atom. The molecule has 0 aliphatic heterocycles. The molecular weight excluding hydrogens is 328 g/mol. The lowest BCUT2D eigenvalue weighted by Gasteiger charge is -2.08. The standard InChI is InChI=1S/C18H18N8/c1-25-12-14(17(24-25)13-6-3-2-4-7-13)11-20-15-10-16(23-18(19)22-15)26-9-5-8-21-26/h2-10,12H,11H2,1H3,(H3,19,20,22,23). The molecule has 0 spiro atoms. The van der Waals surface area contributed by atoms with E-state index >= 15 is 0 Å². The van der Waals surface area contributed by atoms with Gasteiger partial charge in [-0.2, -0.15) is 20.2 Å². The summed E-state index contributed by atoms with van der Waals surface area (Å²) in [4.78, 5) is 8.47. The van der Waals surface area contributed by atoms with Gasteiger partial charge in [-0.3, -0.25) is 4.68 Å². The van der Waals surface area contributed by atoms with E-state index in [2.05, 4.69) is 25.5 Å². The molecule has 0 unspecified atom stereocenters. The number of hydrogen-bond acceptors (Lipinski definition) is 6. The third-order valence-corrected chi connectivity index (χ3v) is 3.88. The van der Waals surface area contributed by atoms with Crippen LogP contribution in [0.2, 0.25) is 0 Å². The minimum atomic E-state index is 0.190. The van der Waals surface area contributed by atoms with Crippen molar-refractivity contribution >= 4 is 11.8 Å². The highest BCUT2D eigenvalue weighted by atomic mass is 15.3. The van der Waals surface area contributed by atoms with Gasteiger partial charge in [-0.1, -0.05) is 30.3 Å². The van der Waals surface area contributed by atoms with Gasteiger partial charge in [0.1, 0.15) is 5.82 Å². The second-order valence-corrected chi connectivity index (χ2v) is 5.82. The summed E-state index contributed by atoms with van der Waals surface area (Å²) >= 11 is 0. The zero-order valence-corrected chi connectivity index (χ0v) is 14.2. The van der Waals surface area contributed by atoms with E-state index in [0.29, 0.717) is 18.2 Å². The van der Waals surface area contributed by atoms with E-state index < -0.39 is 0 Å². The van der Waals surface area contributed by atoms with Crippen LogP contribution in [0.4, 0.5) is 11.8 Å². The smallest absolute Gasteiger partial charge is 0.224 e. The lowest BCUT2D eigenvalue weighted by Crippen LogP contribution is -2.08. The second-order valence-electron chi connectivity index (χ2n) is 5.82. The Bertz CT molecular complexity index is 1010. The van der Waals surface area contributed by atoms with Crippen molar-refractivity contribution in [1.82, 2.24) is 29.5 Å². The first-order valence-corrected chi connectivity index (χ1v) is 8.15. The maximum absolute atomic E-state index is 5.84. The van der Waals surface area contributed by atoms with E-state index in [-0.39, 0.29) is 5.95 Å². The molecule has 4 rings (SSSR count). The average Bonchev–Trinajstić information content (AvgIpc) is 3.30. The highest BCUT2D eigenvalue weighted by molar-refractivity contribution is 5.63. The molecule has 0 saturated carbocycles. The molecule has 3 N–H and O–H groups in total.